The van der Waals surface area contributed by atoms with Crippen molar-refractivity contribution in [2.24, 2.45) is 0 Å². The molecule has 2 rings (SSSR count). The second kappa shape index (κ2) is 4.92. The van der Waals surface area contributed by atoms with E-state index in [1.807, 2.05) is 6.07 Å². The van der Waals surface area contributed by atoms with E-state index in [9.17, 15) is 4.79 Å². The van der Waals surface area contributed by atoms with Crippen LogP contribution in [0, 0.1) is 5.41 Å². The number of aromatic nitrogens is 1. The first-order chi connectivity index (χ1) is 8.24. The van der Waals surface area contributed by atoms with Gasteiger partial charge in [-0.05, 0) is 6.07 Å². The zero-order chi connectivity index (χ0) is 12.3. The third-order valence-corrected chi connectivity index (χ3v) is 2.62. The smallest absolute Gasteiger partial charge is 0.323 e. The number of carbonyl (C=O) groups excluding carboxylic acids is 1. The molecule has 0 aromatic carbocycles. The second-order valence-electron chi connectivity index (χ2n) is 3.72. The quantitative estimate of drug-likeness (QED) is 0.807. The van der Waals surface area contributed by atoms with Gasteiger partial charge in [0.15, 0.2) is 0 Å². The first-order valence-corrected chi connectivity index (χ1v) is 5.29. The molecule has 1 unspecified atom stereocenters. The Balaban J connectivity index is 2.23. The Hall–Kier alpha value is -1.95. The van der Waals surface area contributed by atoms with Crippen molar-refractivity contribution < 1.29 is 9.53 Å². The van der Waals surface area contributed by atoms with Gasteiger partial charge < -0.3 is 9.64 Å². The fourth-order valence-corrected chi connectivity index (χ4v) is 1.83. The summed E-state index contributed by atoms with van der Waals surface area (Å²) in [5, 5.41) is 10.3. The van der Waals surface area contributed by atoms with Crippen LogP contribution in [0.25, 0.3) is 0 Å². The molecule has 0 radical (unpaired) electrons. The van der Waals surface area contributed by atoms with Crippen LogP contribution in [0.2, 0.25) is 0 Å². The van der Waals surface area contributed by atoms with Crippen molar-refractivity contribution in [2.75, 3.05) is 20.3 Å². The average Bonchev–Trinajstić information content (AvgIpc) is 2.62. The summed E-state index contributed by atoms with van der Waals surface area (Å²) in [6.07, 6.45) is 3.33. The van der Waals surface area contributed by atoms with E-state index in [-0.39, 0.29) is 17.9 Å². The maximum atomic E-state index is 11.7. The van der Waals surface area contributed by atoms with Gasteiger partial charge in [-0.15, -0.1) is 0 Å². The average molecular weight is 234 g/mol. The Morgan fingerprint density at radius 1 is 1.65 bits per heavy atom. The van der Waals surface area contributed by atoms with E-state index >= 15 is 0 Å². The van der Waals surface area contributed by atoms with Gasteiger partial charge in [0.2, 0.25) is 0 Å². The lowest BCUT2D eigenvalue weighted by Crippen LogP contribution is -2.32. The lowest BCUT2D eigenvalue weighted by molar-refractivity contribution is 0.151. The molecule has 6 heteroatoms. The van der Waals surface area contributed by atoms with Gasteiger partial charge in [-0.3, -0.25) is 15.7 Å². The van der Waals surface area contributed by atoms with Gasteiger partial charge >= 0.3 is 6.03 Å². The minimum absolute atomic E-state index is 0.180. The molecule has 17 heavy (non-hydrogen) atoms. The highest BCUT2D eigenvalue weighted by molar-refractivity contribution is 6.05. The Bertz CT molecular complexity index is 421. The summed E-state index contributed by atoms with van der Waals surface area (Å²) in [5.41, 5.74) is 0.826. The fourth-order valence-electron chi connectivity index (χ4n) is 1.83. The summed E-state index contributed by atoms with van der Waals surface area (Å²) in [6.45, 7) is 0.891. The molecule has 1 atom stereocenters. The molecule has 0 aliphatic carbocycles. The van der Waals surface area contributed by atoms with Crippen LogP contribution in [0.5, 0.6) is 0 Å². The number of nitrogens with one attached hydrogen (secondary N) is 2. The van der Waals surface area contributed by atoms with Crippen LogP contribution in [-0.2, 0) is 4.74 Å². The van der Waals surface area contributed by atoms with Crippen molar-refractivity contribution in [2.45, 2.75) is 6.04 Å². The molecule has 0 bridgehead atoms. The van der Waals surface area contributed by atoms with Crippen LogP contribution >= 0.6 is 0 Å². The lowest BCUT2D eigenvalue weighted by atomic mass is 10.1. The number of hydrogen-bond donors (Lipinski definition) is 2. The SMILES string of the molecule is COCCN1C(=O)NC(=N)C1c1cccnc1. The molecule has 1 aliphatic rings. The van der Waals surface area contributed by atoms with Crippen LogP contribution in [0.4, 0.5) is 4.79 Å². The van der Waals surface area contributed by atoms with E-state index in [2.05, 4.69) is 10.3 Å². The highest BCUT2D eigenvalue weighted by Gasteiger charge is 2.36. The number of amidine groups is 1. The molecular formula is C11H14N4O2. The molecule has 1 aromatic heterocycles. The van der Waals surface area contributed by atoms with Crippen molar-refractivity contribution >= 4 is 11.9 Å². The molecule has 1 aliphatic heterocycles. The molecule has 0 saturated carbocycles. The van der Waals surface area contributed by atoms with Gasteiger partial charge in [0.1, 0.15) is 11.9 Å². The molecule has 2 N–H and O–H groups in total. The third-order valence-electron chi connectivity index (χ3n) is 2.62. The van der Waals surface area contributed by atoms with E-state index in [4.69, 9.17) is 10.1 Å². The Morgan fingerprint density at radius 2 is 2.47 bits per heavy atom. The zero-order valence-electron chi connectivity index (χ0n) is 9.51. The van der Waals surface area contributed by atoms with E-state index in [1.165, 1.54) is 0 Å². The fraction of sp³-hybridized carbons (Fsp3) is 0.364. The summed E-state index contributed by atoms with van der Waals surface area (Å²) in [6, 6.07) is 3.00. The molecule has 2 heterocycles. The largest absolute Gasteiger partial charge is 0.383 e. The number of rotatable bonds is 4. The van der Waals surface area contributed by atoms with Crippen LogP contribution in [0.3, 0.4) is 0 Å². The monoisotopic (exact) mass is 234 g/mol. The second-order valence-corrected chi connectivity index (χ2v) is 3.72. The lowest BCUT2D eigenvalue weighted by Gasteiger charge is -2.22. The maximum absolute atomic E-state index is 11.7. The molecule has 1 aromatic rings. The number of hydrogen-bond acceptors (Lipinski definition) is 4. The summed E-state index contributed by atoms with van der Waals surface area (Å²) in [4.78, 5) is 17.3. The standard InChI is InChI=1S/C11H14N4O2/c1-17-6-5-15-9(10(12)14-11(15)16)8-3-2-4-13-7-8/h2-4,7,9H,5-6H2,1H3,(H2,12,14,16). The maximum Gasteiger partial charge on any atom is 0.323 e. The number of carbonyl (C=O) groups is 1. The Labute approximate surface area is 99.1 Å². The molecule has 2 amide bonds. The van der Waals surface area contributed by atoms with E-state index in [0.717, 1.165) is 5.56 Å². The number of pyridine rings is 1. The number of nitrogens with zero attached hydrogens (tertiary/aromatic N) is 2. The van der Waals surface area contributed by atoms with Gasteiger partial charge in [-0.1, -0.05) is 6.07 Å². The van der Waals surface area contributed by atoms with Gasteiger partial charge in [0.05, 0.1) is 6.61 Å². The normalized spacial score (nSPS) is 19.6. The van der Waals surface area contributed by atoms with E-state index in [1.54, 1.807) is 30.5 Å². The van der Waals surface area contributed by atoms with Crippen molar-refractivity contribution in [3.8, 4) is 0 Å². The molecule has 1 saturated heterocycles. The number of urea groups is 1. The molecular weight excluding hydrogens is 220 g/mol. The molecule has 6 nitrogen and oxygen atoms in total. The Morgan fingerprint density at radius 3 is 3.12 bits per heavy atom. The number of methoxy groups -OCH3 is 1. The summed E-state index contributed by atoms with van der Waals surface area (Å²) < 4.78 is 4.96. The van der Waals surface area contributed by atoms with Crippen molar-refractivity contribution in [3.63, 3.8) is 0 Å². The van der Waals surface area contributed by atoms with Crippen molar-refractivity contribution in [1.29, 1.82) is 5.41 Å². The Kier molecular flexibility index (Phi) is 3.34. The first kappa shape index (κ1) is 11.5. The van der Waals surface area contributed by atoms with Crippen LogP contribution in [0.15, 0.2) is 24.5 Å². The predicted molar refractivity (Wildman–Crippen MR) is 61.8 cm³/mol. The van der Waals surface area contributed by atoms with Crippen molar-refractivity contribution in [3.05, 3.63) is 30.1 Å². The van der Waals surface area contributed by atoms with Crippen LogP contribution in [-0.4, -0.2) is 42.0 Å². The van der Waals surface area contributed by atoms with Gasteiger partial charge in [0.25, 0.3) is 0 Å². The number of ether oxygens (including phenoxy) is 1. The molecule has 90 valence electrons. The van der Waals surface area contributed by atoms with Gasteiger partial charge in [-0.25, -0.2) is 4.79 Å². The van der Waals surface area contributed by atoms with Crippen molar-refractivity contribution in [1.82, 2.24) is 15.2 Å². The first-order valence-electron chi connectivity index (χ1n) is 5.29. The minimum atomic E-state index is -0.383. The predicted octanol–water partition coefficient (Wildman–Crippen LogP) is 0.772. The highest BCUT2D eigenvalue weighted by atomic mass is 16.5. The highest BCUT2D eigenvalue weighted by Crippen LogP contribution is 2.24. The summed E-state index contributed by atoms with van der Waals surface area (Å²) in [7, 11) is 1.58. The summed E-state index contributed by atoms with van der Waals surface area (Å²) >= 11 is 0. The van der Waals surface area contributed by atoms with E-state index in [0.29, 0.717) is 13.2 Å². The van der Waals surface area contributed by atoms with Crippen LogP contribution in [0.1, 0.15) is 11.6 Å². The summed E-state index contributed by atoms with van der Waals surface area (Å²) in [5.74, 6) is 0.180. The molecule has 1 fully saturated rings. The zero-order valence-corrected chi connectivity index (χ0v) is 9.51. The van der Waals surface area contributed by atoms with Gasteiger partial charge in [-0.2, -0.15) is 0 Å². The van der Waals surface area contributed by atoms with Gasteiger partial charge in [0, 0.05) is 31.6 Å². The van der Waals surface area contributed by atoms with Crippen LogP contribution < -0.4 is 5.32 Å². The number of amides is 2. The minimum Gasteiger partial charge on any atom is -0.383 e. The van der Waals surface area contributed by atoms with E-state index < -0.39 is 0 Å². The topological polar surface area (TPSA) is 78.3 Å². The third kappa shape index (κ3) is 2.26. The molecule has 0 spiro atoms.